The molecule has 0 bridgehead atoms. The molecule has 41 heavy (non-hydrogen) atoms. The summed E-state index contributed by atoms with van der Waals surface area (Å²) < 4.78 is 0. The Balaban J connectivity index is 1.36. The number of aromatic nitrogens is 2. The van der Waals surface area contributed by atoms with Gasteiger partial charge in [0, 0.05) is 17.3 Å². The molecular formula is C31H34N6O4. The Morgan fingerprint density at radius 2 is 1.61 bits per heavy atom. The van der Waals surface area contributed by atoms with Gasteiger partial charge in [-0.1, -0.05) is 50.2 Å². The summed E-state index contributed by atoms with van der Waals surface area (Å²) in [6.45, 7) is 5.41. The number of rotatable bonds is 11. The second-order valence-electron chi connectivity index (χ2n) is 9.96. The van der Waals surface area contributed by atoms with Crippen LogP contribution < -0.4 is 16.3 Å². The molecule has 1 aromatic heterocycles. The lowest BCUT2D eigenvalue weighted by atomic mass is 9.89. The number of nitrogens with one attached hydrogen (secondary N) is 4. The zero-order valence-electron chi connectivity index (χ0n) is 23.3. The number of anilines is 2. The molecule has 0 aliphatic rings. The van der Waals surface area contributed by atoms with Crippen molar-refractivity contribution < 1.29 is 14.7 Å². The van der Waals surface area contributed by atoms with Crippen molar-refractivity contribution in [2.45, 2.75) is 46.0 Å². The molecule has 2 amide bonds. The number of carbonyl (C=O) groups is 2. The van der Waals surface area contributed by atoms with E-state index in [0.717, 1.165) is 19.3 Å². The number of azo groups is 1. The first-order chi connectivity index (χ1) is 19.7. The van der Waals surface area contributed by atoms with E-state index in [1.165, 1.54) is 12.5 Å². The van der Waals surface area contributed by atoms with Gasteiger partial charge in [-0.15, -0.1) is 5.11 Å². The third-order valence-corrected chi connectivity index (χ3v) is 6.87. The molecule has 10 nitrogen and oxygen atoms in total. The monoisotopic (exact) mass is 554 g/mol. The van der Waals surface area contributed by atoms with Crippen LogP contribution in [0.1, 0.15) is 51.5 Å². The first-order valence-corrected chi connectivity index (χ1v) is 13.5. The molecule has 1 heterocycles. The number of aromatic amines is 2. The van der Waals surface area contributed by atoms with Crippen LogP contribution in [0.4, 0.5) is 17.1 Å². The van der Waals surface area contributed by atoms with Crippen molar-refractivity contribution in [3.8, 4) is 0 Å². The van der Waals surface area contributed by atoms with E-state index >= 15 is 0 Å². The van der Waals surface area contributed by atoms with Crippen LogP contribution in [-0.2, 0) is 9.59 Å². The van der Waals surface area contributed by atoms with Crippen LogP contribution in [-0.4, -0.2) is 26.9 Å². The molecule has 0 saturated carbocycles. The molecule has 3 aromatic carbocycles. The van der Waals surface area contributed by atoms with Gasteiger partial charge in [0.05, 0.1) is 16.7 Å². The Labute approximate surface area is 237 Å². The van der Waals surface area contributed by atoms with Gasteiger partial charge in [-0.05, 0) is 74.1 Å². The van der Waals surface area contributed by atoms with Crippen molar-refractivity contribution in [1.29, 1.82) is 0 Å². The van der Waals surface area contributed by atoms with E-state index in [4.69, 9.17) is 0 Å². The quantitative estimate of drug-likeness (QED) is 0.0776. The lowest BCUT2D eigenvalue weighted by molar-refractivity contribution is -0.119. The number of allylic oxidation sites excluding steroid dienone is 1. The summed E-state index contributed by atoms with van der Waals surface area (Å²) in [7, 11) is 0. The number of fused-ring (bicyclic) bond motifs is 1. The maximum absolute atomic E-state index is 12.9. The molecule has 212 valence electrons. The Morgan fingerprint density at radius 3 is 2.32 bits per heavy atom. The predicted molar refractivity (Wildman–Crippen MR) is 160 cm³/mol. The minimum absolute atomic E-state index is 0.0993. The van der Waals surface area contributed by atoms with Crippen LogP contribution in [0.2, 0.25) is 0 Å². The average molecular weight is 555 g/mol. The highest BCUT2D eigenvalue weighted by Gasteiger charge is 2.18. The van der Waals surface area contributed by atoms with Crippen molar-refractivity contribution in [3.63, 3.8) is 0 Å². The molecule has 4 rings (SSSR count). The zero-order valence-corrected chi connectivity index (χ0v) is 23.3. The summed E-state index contributed by atoms with van der Waals surface area (Å²) in [4.78, 5) is 42.5. The fourth-order valence-corrected chi connectivity index (χ4v) is 4.52. The average Bonchev–Trinajstić information content (AvgIpc) is 3.33. The summed E-state index contributed by atoms with van der Waals surface area (Å²) in [5.41, 5.74) is 3.15. The van der Waals surface area contributed by atoms with Gasteiger partial charge in [-0.25, -0.2) is 4.79 Å². The van der Waals surface area contributed by atoms with E-state index in [0.29, 0.717) is 34.0 Å². The van der Waals surface area contributed by atoms with Crippen molar-refractivity contribution in [2.24, 2.45) is 16.1 Å². The van der Waals surface area contributed by atoms with Crippen LogP contribution in [0, 0.1) is 5.92 Å². The van der Waals surface area contributed by atoms with Crippen molar-refractivity contribution in [1.82, 2.24) is 9.97 Å². The molecule has 0 saturated heterocycles. The number of aliphatic hydroxyl groups is 1. The van der Waals surface area contributed by atoms with Gasteiger partial charge in [-0.2, -0.15) is 5.11 Å². The second kappa shape index (κ2) is 13.4. The maximum atomic E-state index is 12.9. The smallest absolute Gasteiger partial charge is 0.323 e. The summed E-state index contributed by atoms with van der Waals surface area (Å²) in [6, 6.07) is 22.0. The summed E-state index contributed by atoms with van der Waals surface area (Å²) in [5.74, 6) is -0.881. The second-order valence-corrected chi connectivity index (χ2v) is 9.96. The highest BCUT2D eigenvalue weighted by atomic mass is 16.3. The van der Waals surface area contributed by atoms with Gasteiger partial charge < -0.3 is 25.7 Å². The molecule has 0 aliphatic heterocycles. The van der Waals surface area contributed by atoms with E-state index in [9.17, 15) is 19.5 Å². The fourth-order valence-electron chi connectivity index (χ4n) is 4.52. The Morgan fingerprint density at radius 1 is 0.902 bits per heavy atom. The van der Waals surface area contributed by atoms with E-state index < -0.39 is 5.91 Å². The van der Waals surface area contributed by atoms with Crippen LogP contribution in [0.15, 0.2) is 99.3 Å². The molecule has 0 fully saturated rings. The molecule has 10 heteroatoms. The Hall–Kier alpha value is -4.99. The topological polar surface area (TPSA) is 152 Å². The SMILES string of the molecule is CCC(CCC(C)C(=O)Nc1cccc(NC(=O)C(N=Nc2ccc3[nH]c(=O)[nH]c3c2)=C(C)O)c1)c1ccccc1. The van der Waals surface area contributed by atoms with E-state index in [-0.39, 0.29) is 29.0 Å². The fraction of sp³-hybridized carbons (Fsp3) is 0.258. The third-order valence-electron chi connectivity index (χ3n) is 6.87. The van der Waals surface area contributed by atoms with E-state index in [1.54, 1.807) is 42.5 Å². The number of benzene rings is 3. The zero-order chi connectivity index (χ0) is 29.4. The van der Waals surface area contributed by atoms with Gasteiger partial charge in [0.15, 0.2) is 5.70 Å². The number of hydrogen-bond acceptors (Lipinski definition) is 6. The van der Waals surface area contributed by atoms with Crippen LogP contribution in [0.25, 0.3) is 11.0 Å². The third kappa shape index (κ3) is 7.78. The van der Waals surface area contributed by atoms with Gasteiger partial charge in [0.2, 0.25) is 5.91 Å². The standard InChI is InChI=1S/C31H34N6O4/c1-4-21(22-9-6-5-7-10-22)14-13-19(2)29(39)32-23-11-8-12-24(17-23)33-30(40)28(20(3)38)37-36-25-15-16-26-27(18-25)35-31(41)34-26/h5-12,15-19,21,38H,4,13-14H2,1-3H3,(H,32,39)(H,33,40)(H2,34,35,41). The minimum Gasteiger partial charge on any atom is -0.510 e. The Kier molecular flexibility index (Phi) is 9.47. The maximum Gasteiger partial charge on any atom is 0.323 e. The van der Waals surface area contributed by atoms with Gasteiger partial charge in [0.25, 0.3) is 5.91 Å². The largest absolute Gasteiger partial charge is 0.510 e. The van der Waals surface area contributed by atoms with Crippen LogP contribution in [0.3, 0.4) is 0 Å². The summed E-state index contributed by atoms with van der Waals surface area (Å²) >= 11 is 0. The van der Waals surface area contributed by atoms with Crippen molar-refractivity contribution in [3.05, 3.63) is 100 Å². The van der Waals surface area contributed by atoms with E-state index in [2.05, 4.69) is 49.9 Å². The molecular weight excluding hydrogens is 520 g/mol. The first-order valence-electron chi connectivity index (χ1n) is 13.5. The summed E-state index contributed by atoms with van der Waals surface area (Å²) in [5, 5.41) is 23.7. The summed E-state index contributed by atoms with van der Waals surface area (Å²) in [6.07, 6.45) is 2.66. The molecule has 5 N–H and O–H groups in total. The molecule has 0 aliphatic carbocycles. The number of imidazole rings is 1. The van der Waals surface area contributed by atoms with Crippen LogP contribution >= 0.6 is 0 Å². The highest BCUT2D eigenvalue weighted by Crippen LogP contribution is 2.27. The van der Waals surface area contributed by atoms with Gasteiger partial charge >= 0.3 is 5.69 Å². The molecule has 4 aromatic rings. The van der Waals surface area contributed by atoms with Crippen LogP contribution in [0.5, 0.6) is 0 Å². The molecule has 2 unspecified atom stereocenters. The van der Waals surface area contributed by atoms with Gasteiger partial charge in [-0.3, -0.25) is 9.59 Å². The molecule has 0 radical (unpaired) electrons. The van der Waals surface area contributed by atoms with Gasteiger partial charge in [0.1, 0.15) is 5.76 Å². The van der Waals surface area contributed by atoms with E-state index in [1.807, 2.05) is 25.1 Å². The van der Waals surface area contributed by atoms with Crippen molar-refractivity contribution >= 4 is 39.9 Å². The minimum atomic E-state index is -0.673. The highest BCUT2D eigenvalue weighted by molar-refractivity contribution is 6.04. The van der Waals surface area contributed by atoms with Crippen molar-refractivity contribution in [2.75, 3.05) is 10.6 Å². The lowest BCUT2D eigenvalue weighted by Gasteiger charge is -2.18. The number of hydrogen-bond donors (Lipinski definition) is 5. The number of amides is 2. The number of carbonyl (C=O) groups excluding carboxylic acids is 2. The molecule has 0 spiro atoms. The lowest BCUT2D eigenvalue weighted by Crippen LogP contribution is -2.21. The predicted octanol–water partition coefficient (Wildman–Crippen LogP) is 6.92. The first kappa shape index (κ1) is 29.0. The number of nitrogens with zero attached hydrogens (tertiary/aromatic N) is 2. The Bertz CT molecular complexity index is 1630. The number of aliphatic hydroxyl groups excluding tert-OH is 1. The normalized spacial score (nSPS) is 13.5. The molecule has 2 atom stereocenters. The number of H-pyrrole nitrogens is 2.